The van der Waals surface area contributed by atoms with Crippen molar-refractivity contribution in [1.29, 1.82) is 0 Å². The Morgan fingerprint density at radius 3 is 2.47 bits per heavy atom. The second-order valence-corrected chi connectivity index (χ2v) is 3.93. The Balaban J connectivity index is 2.74. The van der Waals surface area contributed by atoms with Gasteiger partial charge >= 0.3 is 6.18 Å². The molecule has 0 amide bonds. The van der Waals surface area contributed by atoms with E-state index in [0.717, 1.165) is 11.3 Å². The van der Waals surface area contributed by atoms with Crippen LogP contribution in [0.25, 0.3) is 0 Å². The van der Waals surface area contributed by atoms with E-state index in [0.29, 0.717) is 11.4 Å². The van der Waals surface area contributed by atoms with Gasteiger partial charge < -0.3 is 10.6 Å². The van der Waals surface area contributed by atoms with Crippen LogP contribution >= 0.6 is 0 Å². The van der Waals surface area contributed by atoms with E-state index < -0.39 is 12.7 Å². The maximum atomic E-state index is 12.2. The largest absolute Gasteiger partial charge is 0.405 e. The molecule has 96 valence electrons. The number of aromatic nitrogens is 1. The number of alkyl halides is 3. The minimum atomic E-state index is -4.22. The van der Waals surface area contributed by atoms with Gasteiger partial charge in [-0.1, -0.05) is 6.92 Å². The minimum absolute atomic E-state index is 0.169. The molecular formula is C11H16F3N3. The van der Waals surface area contributed by atoms with Crippen LogP contribution in [0.2, 0.25) is 0 Å². The molecule has 1 rings (SSSR count). The second-order valence-electron chi connectivity index (χ2n) is 3.93. The van der Waals surface area contributed by atoms with Crippen molar-refractivity contribution in [2.24, 2.45) is 5.73 Å². The molecule has 1 unspecified atom stereocenters. The molecular weight excluding hydrogens is 231 g/mol. The summed E-state index contributed by atoms with van der Waals surface area (Å²) in [6.07, 6.45) is -2.06. The molecule has 0 aromatic carbocycles. The lowest BCUT2D eigenvalue weighted by molar-refractivity contribution is -0.119. The Kier molecular flexibility index (Phi) is 4.34. The molecule has 0 aliphatic heterocycles. The van der Waals surface area contributed by atoms with E-state index in [1.54, 1.807) is 12.1 Å². The first-order chi connectivity index (χ1) is 7.83. The Bertz CT molecular complexity index is 348. The van der Waals surface area contributed by atoms with Crippen molar-refractivity contribution in [3.63, 3.8) is 0 Å². The summed E-state index contributed by atoms with van der Waals surface area (Å²) < 4.78 is 36.5. The third kappa shape index (κ3) is 4.22. The first-order valence-corrected chi connectivity index (χ1v) is 5.33. The van der Waals surface area contributed by atoms with Gasteiger partial charge in [-0.05, 0) is 18.6 Å². The summed E-state index contributed by atoms with van der Waals surface area (Å²) in [6.45, 7) is 0.934. The summed E-state index contributed by atoms with van der Waals surface area (Å²) in [6, 6.07) is 3.09. The van der Waals surface area contributed by atoms with E-state index in [-0.39, 0.29) is 6.04 Å². The number of hydrogen-bond donors (Lipinski definition) is 1. The summed E-state index contributed by atoms with van der Waals surface area (Å²) in [5.74, 6) is 0. The van der Waals surface area contributed by atoms with E-state index >= 15 is 0 Å². The first kappa shape index (κ1) is 13.8. The van der Waals surface area contributed by atoms with Crippen molar-refractivity contribution in [3.8, 4) is 0 Å². The third-order valence-electron chi connectivity index (χ3n) is 2.45. The topological polar surface area (TPSA) is 42.1 Å². The molecule has 0 spiro atoms. The Labute approximate surface area is 98.4 Å². The van der Waals surface area contributed by atoms with Crippen LogP contribution in [-0.2, 0) is 0 Å². The number of rotatable bonds is 4. The molecule has 3 nitrogen and oxygen atoms in total. The molecule has 1 atom stereocenters. The summed E-state index contributed by atoms with van der Waals surface area (Å²) in [5.41, 5.74) is 6.88. The normalized spacial score (nSPS) is 13.5. The zero-order chi connectivity index (χ0) is 13.1. The van der Waals surface area contributed by atoms with Crippen molar-refractivity contribution in [1.82, 2.24) is 4.98 Å². The molecule has 17 heavy (non-hydrogen) atoms. The van der Waals surface area contributed by atoms with Crippen LogP contribution < -0.4 is 10.6 Å². The van der Waals surface area contributed by atoms with Crippen molar-refractivity contribution in [3.05, 3.63) is 24.0 Å². The van der Waals surface area contributed by atoms with Gasteiger partial charge in [-0.2, -0.15) is 13.2 Å². The van der Waals surface area contributed by atoms with Crippen LogP contribution in [0.3, 0.4) is 0 Å². The summed E-state index contributed by atoms with van der Waals surface area (Å²) >= 11 is 0. The molecule has 6 heteroatoms. The van der Waals surface area contributed by atoms with Crippen molar-refractivity contribution >= 4 is 5.69 Å². The summed E-state index contributed by atoms with van der Waals surface area (Å²) in [4.78, 5) is 5.17. The zero-order valence-electron chi connectivity index (χ0n) is 9.83. The SMILES string of the molecule is CCC(N)c1ccc(N(C)CC(F)(F)F)cn1. The molecule has 1 aromatic rings. The van der Waals surface area contributed by atoms with E-state index in [4.69, 9.17) is 5.73 Å². The molecule has 0 aliphatic carbocycles. The highest BCUT2D eigenvalue weighted by molar-refractivity contribution is 5.44. The second kappa shape index (κ2) is 5.35. The highest BCUT2D eigenvalue weighted by Gasteiger charge is 2.29. The first-order valence-electron chi connectivity index (χ1n) is 5.33. The third-order valence-corrected chi connectivity index (χ3v) is 2.45. The highest BCUT2D eigenvalue weighted by Crippen LogP contribution is 2.21. The molecule has 1 heterocycles. The molecule has 2 N–H and O–H groups in total. The van der Waals surface area contributed by atoms with Gasteiger partial charge in [0.15, 0.2) is 0 Å². The van der Waals surface area contributed by atoms with E-state index in [1.807, 2.05) is 6.92 Å². The standard InChI is InChI=1S/C11H16F3N3/c1-3-9(15)10-5-4-8(6-16-10)17(2)7-11(12,13)14/h4-6,9H,3,7,15H2,1-2H3. The van der Waals surface area contributed by atoms with Crippen molar-refractivity contribution < 1.29 is 13.2 Å². The molecule has 0 saturated carbocycles. The van der Waals surface area contributed by atoms with E-state index in [2.05, 4.69) is 4.98 Å². The lowest BCUT2D eigenvalue weighted by Crippen LogP contribution is -2.30. The smallest absolute Gasteiger partial charge is 0.364 e. The number of pyridine rings is 1. The fourth-order valence-corrected chi connectivity index (χ4v) is 1.41. The Hall–Kier alpha value is -1.30. The quantitative estimate of drug-likeness (QED) is 0.888. The number of halogens is 3. The molecule has 0 saturated heterocycles. The lowest BCUT2D eigenvalue weighted by Gasteiger charge is -2.21. The van der Waals surface area contributed by atoms with Crippen molar-refractivity contribution in [2.75, 3.05) is 18.5 Å². The van der Waals surface area contributed by atoms with Gasteiger partial charge in [0.25, 0.3) is 0 Å². The van der Waals surface area contributed by atoms with Gasteiger partial charge in [-0.3, -0.25) is 4.98 Å². The van der Waals surface area contributed by atoms with Gasteiger partial charge in [0.1, 0.15) is 6.54 Å². The Morgan fingerprint density at radius 1 is 1.41 bits per heavy atom. The van der Waals surface area contributed by atoms with Crippen LogP contribution in [0.1, 0.15) is 25.1 Å². The fraction of sp³-hybridized carbons (Fsp3) is 0.545. The average molecular weight is 247 g/mol. The van der Waals surface area contributed by atoms with E-state index in [1.165, 1.54) is 13.2 Å². The summed E-state index contributed by atoms with van der Waals surface area (Å²) in [5, 5.41) is 0. The lowest BCUT2D eigenvalue weighted by atomic mass is 10.1. The molecule has 1 aromatic heterocycles. The molecule has 0 radical (unpaired) electrons. The van der Waals surface area contributed by atoms with Gasteiger partial charge in [-0.15, -0.1) is 0 Å². The maximum absolute atomic E-state index is 12.2. The number of nitrogens with two attached hydrogens (primary N) is 1. The van der Waals surface area contributed by atoms with Crippen LogP contribution in [-0.4, -0.2) is 24.8 Å². The number of nitrogens with zero attached hydrogens (tertiary/aromatic N) is 2. The number of hydrogen-bond acceptors (Lipinski definition) is 3. The van der Waals surface area contributed by atoms with E-state index in [9.17, 15) is 13.2 Å². The maximum Gasteiger partial charge on any atom is 0.405 e. The van der Waals surface area contributed by atoms with Crippen LogP contribution in [0.15, 0.2) is 18.3 Å². The molecule has 0 fully saturated rings. The number of anilines is 1. The fourth-order valence-electron chi connectivity index (χ4n) is 1.41. The van der Waals surface area contributed by atoms with Crippen LogP contribution in [0.4, 0.5) is 18.9 Å². The van der Waals surface area contributed by atoms with Gasteiger partial charge in [0.2, 0.25) is 0 Å². The average Bonchev–Trinajstić information content (AvgIpc) is 2.26. The predicted octanol–water partition coefficient (Wildman–Crippen LogP) is 2.49. The van der Waals surface area contributed by atoms with Gasteiger partial charge in [-0.25, -0.2) is 0 Å². The monoisotopic (exact) mass is 247 g/mol. The summed E-state index contributed by atoms with van der Waals surface area (Å²) in [7, 11) is 1.38. The molecule has 0 bridgehead atoms. The minimum Gasteiger partial charge on any atom is -0.364 e. The van der Waals surface area contributed by atoms with Crippen LogP contribution in [0, 0.1) is 0 Å². The van der Waals surface area contributed by atoms with Gasteiger partial charge in [0.05, 0.1) is 17.6 Å². The van der Waals surface area contributed by atoms with Gasteiger partial charge in [0, 0.05) is 13.1 Å². The van der Waals surface area contributed by atoms with Crippen molar-refractivity contribution in [2.45, 2.75) is 25.6 Å². The predicted molar refractivity (Wildman–Crippen MR) is 60.8 cm³/mol. The zero-order valence-corrected chi connectivity index (χ0v) is 9.83. The molecule has 0 aliphatic rings. The highest BCUT2D eigenvalue weighted by atomic mass is 19.4. The van der Waals surface area contributed by atoms with Crippen LogP contribution in [0.5, 0.6) is 0 Å². The Morgan fingerprint density at radius 2 is 2.06 bits per heavy atom.